The zero-order chi connectivity index (χ0) is 15.6. The first-order valence-corrected chi connectivity index (χ1v) is 6.93. The summed E-state index contributed by atoms with van der Waals surface area (Å²) in [5.74, 6) is 0. The molecule has 0 saturated carbocycles. The monoisotopic (exact) mass is 284 g/mol. The topological polar surface area (TPSA) is 46.4 Å². The quantitative estimate of drug-likeness (QED) is 0.606. The highest BCUT2D eigenvalue weighted by atomic mass is 16.6. The lowest BCUT2D eigenvalue weighted by molar-refractivity contribution is -0.384. The van der Waals surface area contributed by atoms with Gasteiger partial charge in [-0.3, -0.25) is 10.1 Å². The van der Waals surface area contributed by atoms with Crippen molar-refractivity contribution in [1.29, 1.82) is 0 Å². The molecule has 0 saturated heterocycles. The second kappa shape index (κ2) is 5.56. The van der Waals surface area contributed by atoms with Crippen LogP contribution in [0.2, 0.25) is 0 Å². The fraction of sp³-hybridized carbons (Fsp3) is 0.294. The molecule has 0 radical (unpaired) electrons. The third kappa shape index (κ3) is 2.61. The van der Waals surface area contributed by atoms with Crippen LogP contribution >= 0.6 is 0 Å². The van der Waals surface area contributed by atoms with Gasteiger partial charge in [-0.2, -0.15) is 0 Å². The Hall–Kier alpha value is -2.36. The molecule has 0 N–H and O–H groups in total. The van der Waals surface area contributed by atoms with Crippen molar-refractivity contribution >= 4 is 11.4 Å². The van der Waals surface area contributed by atoms with Crippen molar-refractivity contribution in [2.75, 3.05) is 11.4 Å². The van der Waals surface area contributed by atoms with Crippen molar-refractivity contribution in [1.82, 2.24) is 0 Å². The number of hydrogen-bond acceptors (Lipinski definition) is 3. The van der Waals surface area contributed by atoms with E-state index in [9.17, 15) is 10.1 Å². The molecule has 1 heterocycles. The summed E-state index contributed by atoms with van der Waals surface area (Å²) < 4.78 is 0. The van der Waals surface area contributed by atoms with Crippen LogP contribution < -0.4 is 4.90 Å². The third-order valence-corrected chi connectivity index (χ3v) is 4.02. The fourth-order valence-corrected chi connectivity index (χ4v) is 2.84. The Labute approximate surface area is 125 Å². The van der Waals surface area contributed by atoms with Gasteiger partial charge in [0.25, 0.3) is 5.69 Å². The standard InChI is InChI=1S/C17H20N2O2/c1-5-13-14(6-2)18(12-11-17(13,3)4)15-9-7-8-10-16(15)19(20)21/h5-10H,1-2,11-12H2,3-4H3. The first-order valence-electron chi connectivity index (χ1n) is 6.93. The number of para-hydroxylation sites is 2. The molecule has 1 aromatic carbocycles. The maximum absolute atomic E-state index is 11.3. The van der Waals surface area contributed by atoms with Gasteiger partial charge in [-0.25, -0.2) is 0 Å². The van der Waals surface area contributed by atoms with E-state index < -0.39 is 0 Å². The Balaban J connectivity index is 2.63. The van der Waals surface area contributed by atoms with Crippen molar-refractivity contribution in [3.63, 3.8) is 0 Å². The third-order valence-electron chi connectivity index (χ3n) is 4.02. The number of nitro benzene ring substituents is 1. The van der Waals surface area contributed by atoms with Gasteiger partial charge in [0.2, 0.25) is 0 Å². The molecule has 0 unspecified atom stereocenters. The highest BCUT2D eigenvalue weighted by Crippen LogP contribution is 2.42. The summed E-state index contributed by atoms with van der Waals surface area (Å²) in [6.45, 7) is 12.8. The van der Waals surface area contributed by atoms with Gasteiger partial charge < -0.3 is 4.90 Å². The predicted molar refractivity (Wildman–Crippen MR) is 86.3 cm³/mol. The molecule has 0 spiro atoms. The lowest BCUT2D eigenvalue weighted by Gasteiger charge is -2.40. The number of anilines is 1. The van der Waals surface area contributed by atoms with Crippen LogP contribution in [0.5, 0.6) is 0 Å². The van der Waals surface area contributed by atoms with Crippen LogP contribution in [0.3, 0.4) is 0 Å². The van der Waals surface area contributed by atoms with Crippen LogP contribution in [0, 0.1) is 15.5 Å². The molecule has 0 atom stereocenters. The molecule has 4 nitrogen and oxygen atoms in total. The van der Waals surface area contributed by atoms with Gasteiger partial charge in [-0.1, -0.05) is 45.2 Å². The molecular weight excluding hydrogens is 264 g/mol. The maximum Gasteiger partial charge on any atom is 0.292 e. The average molecular weight is 284 g/mol. The SMILES string of the molecule is C=CC1=C(C=C)C(C)(C)CCN1c1ccccc1[N+](=O)[O-]. The molecule has 1 aliphatic rings. The zero-order valence-electron chi connectivity index (χ0n) is 12.5. The van der Waals surface area contributed by atoms with Crippen LogP contribution in [0.25, 0.3) is 0 Å². The Morgan fingerprint density at radius 3 is 2.52 bits per heavy atom. The van der Waals surface area contributed by atoms with Gasteiger partial charge in [0.05, 0.1) is 4.92 Å². The summed E-state index contributed by atoms with van der Waals surface area (Å²) in [5, 5.41) is 11.3. The molecular formula is C17H20N2O2. The van der Waals surface area contributed by atoms with Crippen molar-refractivity contribution in [3.8, 4) is 0 Å². The van der Waals surface area contributed by atoms with E-state index in [1.54, 1.807) is 18.2 Å². The van der Waals surface area contributed by atoms with Gasteiger partial charge in [0, 0.05) is 18.3 Å². The first-order chi connectivity index (χ1) is 9.92. The number of allylic oxidation sites excluding steroid dienone is 3. The Morgan fingerprint density at radius 2 is 1.95 bits per heavy atom. The number of rotatable bonds is 4. The van der Waals surface area contributed by atoms with Crippen molar-refractivity contribution in [2.24, 2.45) is 5.41 Å². The van der Waals surface area contributed by atoms with Crippen LogP contribution in [0.15, 0.2) is 60.8 Å². The summed E-state index contributed by atoms with van der Waals surface area (Å²) in [7, 11) is 0. The molecule has 1 aliphatic heterocycles. The van der Waals surface area contributed by atoms with Crippen molar-refractivity contribution < 1.29 is 4.92 Å². The zero-order valence-corrected chi connectivity index (χ0v) is 12.5. The number of hydrogen-bond donors (Lipinski definition) is 0. The number of benzene rings is 1. The Kier molecular flexibility index (Phi) is 3.98. The van der Waals surface area contributed by atoms with Crippen LogP contribution in [0.4, 0.5) is 11.4 Å². The minimum Gasteiger partial charge on any atom is -0.336 e. The second-order valence-corrected chi connectivity index (χ2v) is 5.74. The van der Waals surface area contributed by atoms with Gasteiger partial charge in [-0.05, 0) is 29.6 Å². The lowest BCUT2D eigenvalue weighted by atomic mass is 9.77. The first kappa shape index (κ1) is 15.0. The predicted octanol–water partition coefficient (Wildman–Crippen LogP) is 4.46. The van der Waals surface area contributed by atoms with E-state index >= 15 is 0 Å². The van der Waals surface area contributed by atoms with E-state index in [1.807, 2.05) is 17.0 Å². The van der Waals surface area contributed by atoms with Crippen LogP contribution in [-0.4, -0.2) is 11.5 Å². The molecule has 0 bridgehead atoms. The molecule has 0 aromatic heterocycles. The molecule has 1 aromatic rings. The lowest BCUT2D eigenvalue weighted by Crippen LogP contribution is -2.35. The summed E-state index contributed by atoms with van der Waals surface area (Å²) in [6.07, 6.45) is 4.49. The van der Waals surface area contributed by atoms with E-state index in [1.165, 1.54) is 6.07 Å². The van der Waals surface area contributed by atoms with E-state index in [2.05, 4.69) is 27.0 Å². The molecule has 0 amide bonds. The van der Waals surface area contributed by atoms with Crippen molar-refractivity contribution in [3.05, 3.63) is 71.0 Å². The van der Waals surface area contributed by atoms with Crippen LogP contribution in [-0.2, 0) is 0 Å². The second-order valence-electron chi connectivity index (χ2n) is 5.74. The highest BCUT2D eigenvalue weighted by Gasteiger charge is 2.33. The normalized spacial score (nSPS) is 17.5. The summed E-state index contributed by atoms with van der Waals surface area (Å²) in [5.41, 5.74) is 2.68. The Morgan fingerprint density at radius 1 is 1.29 bits per heavy atom. The van der Waals surface area contributed by atoms with E-state index in [0.717, 1.165) is 24.2 Å². The van der Waals surface area contributed by atoms with Gasteiger partial charge in [-0.15, -0.1) is 0 Å². The fourth-order valence-electron chi connectivity index (χ4n) is 2.84. The van der Waals surface area contributed by atoms with Crippen molar-refractivity contribution in [2.45, 2.75) is 20.3 Å². The van der Waals surface area contributed by atoms with E-state index in [0.29, 0.717) is 5.69 Å². The highest BCUT2D eigenvalue weighted by molar-refractivity contribution is 5.69. The molecule has 21 heavy (non-hydrogen) atoms. The largest absolute Gasteiger partial charge is 0.336 e. The van der Waals surface area contributed by atoms with E-state index in [4.69, 9.17) is 0 Å². The molecule has 0 fully saturated rings. The Bertz CT molecular complexity index is 629. The van der Waals surface area contributed by atoms with Gasteiger partial charge >= 0.3 is 0 Å². The van der Waals surface area contributed by atoms with E-state index in [-0.39, 0.29) is 16.0 Å². The van der Waals surface area contributed by atoms with Gasteiger partial charge in [0.15, 0.2) is 0 Å². The molecule has 0 aliphatic carbocycles. The molecule has 4 heteroatoms. The maximum atomic E-state index is 11.3. The summed E-state index contributed by atoms with van der Waals surface area (Å²) in [6, 6.07) is 6.81. The number of nitrogens with zero attached hydrogens (tertiary/aromatic N) is 2. The summed E-state index contributed by atoms with van der Waals surface area (Å²) >= 11 is 0. The minimum absolute atomic E-state index is 0.00860. The molecule has 110 valence electrons. The average Bonchev–Trinajstić information content (AvgIpc) is 2.46. The van der Waals surface area contributed by atoms with Crippen LogP contribution in [0.1, 0.15) is 20.3 Å². The summed E-state index contributed by atoms with van der Waals surface area (Å²) in [4.78, 5) is 12.9. The van der Waals surface area contributed by atoms with Gasteiger partial charge in [0.1, 0.15) is 5.69 Å². The minimum atomic E-state index is -0.344. The number of nitro groups is 1. The smallest absolute Gasteiger partial charge is 0.292 e. The molecule has 2 rings (SSSR count).